The van der Waals surface area contributed by atoms with Crippen LogP contribution in [0.4, 0.5) is 0 Å². The molecule has 29 heavy (non-hydrogen) atoms. The number of H-pyrrole nitrogens is 1. The number of rotatable bonds is 9. The third kappa shape index (κ3) is 4.75. The van der Waals surface area contributed by atoms with Gasteiger partial charge in [-0.25, -0.2) is 12.7 Å². The number of aromatic amines is 1. The van der Waals surface area contributed by atoms with Gasteiger partial charge in [0.1, 0.15) is 5.75 Å². The summed E-state index contributed by atoms with van der Waals surface area (Å²) in [5.41, 5.74) is 7.84. The Balaban J connectivity index is 1.85. The van der Waals surface area contributed by atoms with E-state index in [1.165, 1.54) is 0 Å². The first-order valence-corrected chi connectivity index (χ1v) is 12.0. The molecule has 0 unspecified atom stereocenters. The Kier molecular flexibility index (Phi) is 6.85. The van der Waals surface area contributed by atoms with Gasteiger partial charge in [-0.1, -0.05) is 19.8 Å². The van der Waals surface area contributed by atoms with Gasteiger partial charge in [0.2, 0.25) is 10.0 Å². The molecule has 8 heteroatoms. The summed E-state index contributed by atoms with van der Waals surface area (Å²) in [5, 5.41) is 0.934. The summed E-state index contributed by atoms with van der Waals surface area (Å²) >= 11 is 0. The number of ether oxygens (including phenoxy) is 1. The molecule has 1 amide bonds. The van der Waals surface area contributed by atoms with Crippen molar-refractivity contribution in [2.75, 3.05) is 25.4 Å². The smallest absolute Gasteiger partial charge is 0.250 e. The molecule has 1 fully saturated rings. The fourth-order valence-electron chi connectivity index (χ4n) is 4.01. The lowest BCUT2D eigenvalue weighted by molar-refractivity contribution is 0.100. The van der Waals surface area contributed by atoms with Crippen LogP contribution in [0.1, 0.15) is 67.8 Å². The van der Waals surface area contributed by atoms with Crippen molar-refractivity contribution in [1.29, 1.82) is 0 Å². The van der Waals surface area contributed by atoms with Crippen molar-refractivity contribution in [3.8, 4) is 5.75 Å². The molecule has 1 aliphatic heterocycles. The van der Waals surface area contributed by atoms with Crippen LogP contribution in [-0.4, -0.2) is 49.1 Å². The van der Waals surface area contributed by atoms with E-state index in [-0.39, 0.29) is 11.7 Å². The quantitative estimate of drug-likeness (QED) is 0.606. The van der Waals surface area contributed by atoms with Gasteiger partial charge < -0.3 is 15.5 Å². The predicted octanol–water partition coefficient (Wildman–Crippen LogP) is 3.36. The van der Waals surface area contributed by atoms with E-state index in [1.54, 1.807) is 17.3 Å². The Bertz CT molecular complexity index is 960. The van der Waals surface area contributed by atoms with Gasteiger partial charge in [-0.2, -0.15) is 0 Å². The van der Waals surface area contributed by atoms with Gasteiger partial charge in [-0.15, -0.1) is 0 Å². The number of carbonyl (C=O) groups excluding carboxylic acids is 1. The number of hydrogen-bond acceptors (Lipinski definition) is 4. The Hall–Kier alpha value is -2.06. The van der Waals surface area contributed by atoms with Crippen molar-refractivity contribution in [2.24, 2.45) is 5.73 Å². The van der Waals surface area contributed by atoms with Crippen molar-refractivity contribution in [1.82, 2.24) is 9.29 Å². The number of nitrogens with one attached hydrogen (secondary N) is 1. The number of hydrogen-bond donors (Lipinski definition) is 2. The van der Waals surface area contributed by atoms with Crippen LogP contribution in [0.5, 0.6) is 5.75 Å². The van der Waals surface area contributed by atoms with E-state index in [0.717, 1.165) is 48.6 Å². The van der Waals surface area contributed by atoms with Crippen LogP contribution >= 0.6 is 0 Å². The molecule has 1 aliphatic rings. The summed E-state index contributed by atoms with van der Waals surface area (Å²) in [6.07, 6.45) is 6.60. The van der Waals surface area contributed by atoms with Gasteiger partial charge >= 0.3 is 0 Å². The molecular formula is C21H31N3O4S. The number of nitrogens with zero attached hydrogens (tertiary/aromatic N) is 1. The molecule has 0 radical (unpaired) electrons. The molecule has 0 spiro atoms. The van der Waals surface area contributed by atoms with Crippen LogP contribution in [0, 0.1) is 0 Å². The van der Waals surface area contributed by atoms with Crippen molar-refractivity contribution in [3.05, 3.63) is 29.5 Å². The molecule has 0 aliphatic carbocycles. The van der Waals surface area contributed by atoms with Crippen LogP contribution in [-0.2, 0) is 10.0 Å². The molecule has 3 rings (SSSR count). The molecule has 0 atom stereocenters. The summed E-state index contributed by atoms with van der Waals surface area (Å²) in [6, 6.07) is 3.67. The average Bonchev–Trinajstić information content (AvgIpc) is 3.14. The minimum Gasteiger partial charge on any atom is -0.494 e. The van der Waals surface area contributed by atoms with Crippen molar-refractivity contribution in [2.45, 2.75) is 51.9 Å². The highest BCUT2D eigenvalue weighted by atomic mass is 32.2. The van der Waals surface area contributed by atoms with Gasteiger partial charge in [0.15, 0.2) is 0 Å². The zero-order chi connectivity index (χ0) is 21.0. The van der Waals surface area contributed by atoms with Crippen LogP contribution in [0.2, 0.25) is 0 Å². The highest BCUT2D eigenvalue weighted by molar-refractivity contribution is 7.89. The largest absolute Gasteiger partial charge is 0.494 e. The number of unbranched alkanes of at least 4 members (excludes halogenated alkanes) is 2. The molecule has 1 aromatic carbocycles. The molecule has 1 aromatic heterocycles. The molecule has 160 valence electrons. The second kappa shape index (κ2) is 9.17. The number of primary amides is 1. The fourth-order valence-corrected chi connectivity index (χ4v) is 5.14. The van der Waals surface area contributed by atoms with E-state index in [2.05, 4.69) is 11.9 Å². The summed E-state index contributed by atoms with van der Waals surface area (Å²) in [6.45, 7) is 5.45. The number of benzene rings is 1. The minimum absolute atomic E-state index is 0.130. The van der Waals surface area contributed by atoms with E-state index in [0.29, 0.717) is 31.0 Å². The van der Waals surface area contributed by atoms with Crippen molar-refractivity contribution < 1.29 is 17.9 Å². The zero-order valence-electron chi connectivity index (χ0n) is 17.2. The van der Waals surface area contributed by atoms with Gasteiger partial charge in [0.25, 0.3) is 5.91 Å². The molecule has 0 saturated carbocycles. The lowest BCUT2D eigenvalue weighted by atomic mass is 9.89. The van der Waals surface area contributed by atoms with E-state index < -0.39 is 15.9 Å². The first kappa shape index (κ1) is 21.6. The SMILES string of the molecule is CCCCCOc1cc(C(N)=O)c2[nH]cc(C3CCN(S(=O)(=O)CC)CC3)c2c1. The molecule has 2 aromatic rings. The van der Waals surface area contributed by atoms with Gasteiger partial charge in [-0.3, -0.25) is 4.79 Å². The molecule has 2 heterocycles. The fraction of sp³-hybridized carbons (Fsp3) is 0.571. The van der Waals surface area contributed by atoms with Gasteiger partial charge in [0, 0.05) is 24.7 Å². The Morgan fingerprint density at radius 2 is 1.97 bits per heavy atom. The third-order valence-corrected chi connectivity index (χ3v) is 7.61. The summed E-state index contributed by atoms with van der Waals surface area (Å²) in [5.74, 6) is 0.509. The Morgan fingerprint density at radius 3 is 2.59 bits per heavy atom. The van der Waals surface area contributed by atoms with Crippen LogP contribution < -0.4 is 10.5 Å². The van der Waals surface area contributed by atoms with Crippen LogP contribution in [0.15, 0.2) is 18.3 Å². The minimum atomic E-state index is -3.15. The Labute approximate surface area is 172 Å². The number of piperidine rings is 1. The summed E-state index contributed by atoms with van der Waals surface area (Å²) in [7, 11) is -3.15. The number of amides is 1. The third-order valence-electron chi connectivity index (χ3n) is 5.73. The van der Waals surface area contributed by atoms with Crippen molar-refractivity contribution in [3.63, 3.8) is 0 Å². The molecule has 0 bridgehead atoms. The van der Waals surface area contributed by atoms with Gasteiger partial charge in [0.05, 0.1) is 23.4 Å². The normalized spacial score (nSPS) is 16.3. The van der Waals surface area contributed by atoms with Crippen LogP contribution in [0.25, 0.3) is 10.9 Å². The number of aromatic nitrogens is 1. The summed E-state index contributed by atoms with van der Waals surface area (Å²) in [4.78, 5) is 15.2. The Morgan fingerprint density at radius 1 is 1.24 bits per heavy atom. The highest BCUT2D eigenvalue weighted by Gasteiger charge is 2.29. The molecular weight excluding hydrogens is 390 g/mol. The maximum atomic E-state index is 12.1. The van der Waals surface area contributed by atoms with E-state index in [4.69, 9.17) is 10.5 Å². The first-order chi connectivity index (χ1) is 13.9. The van der Waals surface area contributed by atoms with E-state index >= 15 is 0 Å². The van der Waals surface area contributed by atoms with E-state index in [1.807, 2.05) is 12.3 Å². The maximum Gasteiger partial charge on any atom is 0.250 e. The molecule has 1 saturated heterocycles. The number of sulfonamides is 1. The lowest BCUT2D eigenvalue weighted by Crippen LogP contribution is -2.38. The monoisotopic (exact) mass is 421 g/mol. The molecule has 3 N–H and O–H groups in total. The summed E-state index contributed by atoms with van der Waals surface area (Å²) < 4.78 is 31.7. The average molecular weight is 422 g/mol. The highest BCUT2D eigenvalue weighted by Crippen LogP contribution is 2.36. The van der Waals surface area contributed by atoms with Crippen molar-refractivity contribution >= 4 is 26.8 Å². The zero-order valence-corrected chi connectivity index (χ0v) is 18.1. The topological polar surface area (TPSA) is 105 Å². The maximum absolute atomic E-state index is 12.1. The molecule has 7 nitrogen and oxygen atoms in total. The number of nitrogens with two attached hydrogens (primary N) is 1. The van der Waals surface area contributed by atoms with E-state index in [9.17, 15) is 13.2 Å². The lowest BCUT2D eigenvalue weighted by Gasteiger charge is -2.30. The standard InChI is InChI=1S/C21H31N3O4S/c1-3-5-6-11-28-16-12-17-19(14-23-20(17)18(13-16)21(22)25)15-7-9-24(10-8-15)29(26,27)4-2/h12-15,23H,3-11H2,1-2H3,(H2,22,25). The predicted molar refractivity (Wildman–Crippen MR) is 115 cm³/mol. The second-order valence-corrected chi connectivity index (χ2v) is 9.89. The van der Waals surface area contributed by atoms with Crippen LogP contribution in [0.3, 0.4) is 0 Å². The van der Waals surface area contributed by atoms with Gasteiger partial charge in [-0.05, 0) is 49.8 Å². The number of fused-ring (bicyclic) bond motifs is 1. The first-order valence-electron chi connectivity index (χ1n) is 10.4. The number of carbonyl (C=O) groups is 1. The second-order valence-electron chi connectivity index (χ2n) is 7.63.